The molecule has 1 N–H and O–H groups in total. The first-order chi connectivity index (χ1) is 12.1. The van der Waals surface area contributed by atoms with Crippen LogP contribution in [0.25, 0.3) is 6.08 Å². The van der Waals surface area contributed by atoms with Crippen LogP contribution in [0, 0.1) is 0 Å². The van der Waals surface area contributed by atoms with E-state index in [-0.39, 0.29) is 22.9 Å². The second-order valence-electron chi connectivity index (χ2n) is 5.54. The highest BCUT2D eigenvalue weighted by atomic mass is 16.3. The van der Waals surface area contributed by atoms with Crippen LogP contribution in [0.1, 0.15) is 31.8 Å². The minimum absolute atomic E-state index is 0.106. The molecule has 0 aliphatic carbocycles. The number of aromatic hydroxyl groups is 1. The molecule has 122 valence electrons. The average Bonchev–Trinajstić information content (AvgIpc) is 2.67. The van der Waals surface area contributed by atoms with Gasteiger partial charge in [0.15, 0.2) is 11.6 Å². The summed E-state index contributed by atoms with van der Waals surface area (Å²) in [5.41, 5.74) is 1.88. The van der Waals surface area contributed by atoms with E-state index in [1.54, 1.807) is 30.3 Å². The third-order valence-corrected chi connectivity index (χ3v) is 3.79. The van der Waals surface area contributed by atoms with Crippen molar-refractivity contribution in [3.63, 3.8) is 0 Å². The van der Waals surface area contributed by atoms with Gasteiger partial charge in [-0.05, 0) is 29.8 Å². The number of allylic oxidation sites excluding steroid dienone is 1. The van der Waals surface area contributed by atoms with Gasteiger partial charge in [0.25, 0.3) is 0 Å². The molecule has 0 saturated carbocycles. The number of carbonyl (C=O) groups is 2. The number of ketones is 2. The van der Waals surface area contributed by atoms with E-state index in [2.05, 4.69) is 0 Å². The molecular weight excluding hydrogens is 312 g/mol. The Morgan fingerprint density at radius 1 is 0.760 bits per heavy atom. The summed E-state index contributed by atoms with van der Waals surface area (Å²) in [5, 5.41) is 9.99. The van der Waals surface area contributed by atoms with Gasteiger partial charge in [-0.1, -0.05) is 66.7 Å². The van der Waals surface area contributed by atoms with Gasteiger partial charge in [-0.3, -0.25) is 9.59 Å². The Kier molecular flexibility index (Phi) is 4.86. The van der Waals surface area contributed by atoms with Crippen LogP contribution in [0.4, 0.5) is 0 Å². The second kappa shape index (κ2) is 7.41. The molecule has 0 aromatic heterocycles. The average molecular weight is 328 g/mol. The van der Waals surface area contributed by atoms with Gasteiger partial charge < -0.3 is 5.11 Å². The second-order valence-corrected chi connectivity index (χ2v) is 5.54. The fourth-order valence-corrected chi connectivity index (χ4v) is 2.46. The monoisotopic (exact) mass is 328 g/mol. The maximum atomic E-state index is 12.5. The highest BCUT2D eigenvalue weighted by molar-refractivity contribution is 6.13. The van der Waals surface area contributed by atoms with E-state index in [0.717, 1.165) is 5.56 Å². The van der Waals surface area contributed by atoms with E-state index >= 15 is 0 Å². The van der Waals surface area contributed by atoms with Crippen LogP contribution in [0.5, 0.6) is 5.75 Å². The van der Waals surface area contributed by atoms with E-state index in [4.69, 9.17) is 0 Å². The lowest BCUT2D eigenvalue weighted by atomic mass is 9.99. The van der Waals surface area contributed by atoms with Crippen molar-refractivity contribution in [2.45, 2.75) is 0 Å². The lowest BCUT2D eigenvalue weighted by Crippen LogP contribution is -2.04. The summed E-state index contributed by atoms with van der Waals surface area (Å²) in [5.74, 6) is -0.696. The highest BCUT2D eigenvalue weighted by Crippen LogP contribution is 2.22. The summed E-state index contributed by atoms with van der Waals surface area (Å²) in [7, 11) is 0. The largest absolute Gasteiger partial charge is 0.507 e. The lowest BCUT2D eigenvalue weighted by molar-refractivity contribution is 0.103. The Labute approximate surface area is 145 Å². The molecule has 3 aromatic carbocycles. The summed E-state index contributed by atoms with van der Waals surface area (Å²) < 4.78 is 0. The quantitative estimate of drug-likeness (QED) is 0.553. The first-order valence-corrected chi connectivity index (χ1v) is 7.85. The van der Waals surface area contributed by atoms with Gasteiger partial charge in [0, 0.05) is 11.1 Å². The smallest absolute Gasteiger partial charge is 0.193 e. The Morgan fingerprint density at radius 3 is 2.08 bits per heavy atom. The summed E-state index contributed by atoms with van der Waals surface area (Å²) in [4.78, 5) is 24.9. The Bertz CT molecular complexity index is 926. The van der Waals surface area contributed by atoms with Crippen molar-refractivity contribution in [2.24, 2.45) is 0 Å². The number of phenolic OH excluding ortho intramolecular Hbond substituents is 1. The van der Waals surface area contributed by atoms with Crippen molar-refractivity contribution in [3.05, 3.63) is 107 Å². The molecule has 3 aromatic rings. The number of hydrogen-bond donors (Lipinski definition) is 1. The van der Waals surface area contributed by atoms with Crippen molar-refractivity contribution >= 4 is 17.6 Å². The Morgan fingerprint density at radius 2 is 1.40 bits per heavy atom. The van der Waals surface area contributed by atoms with Gasteiger partial charge in [-0.15, -0.1) is 0 Å². The number of hydrogen-bond acceptors (Lipinski definition) is 3. The predicted molar refractivity (Wildman–Crippen MR) is 97.8 cm³/mol. The molecule has 0 atom stereocenters. The molecule has 0 amide bonds. The SMILES string of the molecule is O=C(c1ccccc1)c1ccc(O)c(C(=O)C=Cc2ccccc2)c1. The molecule has 3 rings (SSSR count). The fourth-order valence-electron chi connectivity index (χ4n) is 2.46. The Balaban J connectivity index is 1.88. The van der Waals surface area contributed by atoms with Crippen LogP contribution in [-0.2, 0) is 0 Å². The zero-order valence-electron chi connectivity index (χ0n) is 13.4. The van der Waals surface area contributed by atoms with Crippen LogP contribution < -0.4 is 0 Å². The standard InChI is InChI=1S/C22H16O3/c23-20(13-11-16-7-3-1-4-8-16)19-15-18(12-14-21(19)24)22(25)17-9-5-2-6-10-17/h1-15,24H. The van der Waals surface area contributed by atoms with Gasteiger partial charge in [0.2, 0.25) is 0 Å². The Hall–Kier alpha value is -3.46. The summed E-state index contributed by atoms with van der Waals surface area (Å²) in [6, 6.07) is 22.5. The summed E-state index contributed by atoms with van der Waals surface area (Å²) >= 11 is 0. The molecule has 3 heteroatoms. The lowest BCUT2D eigenvalue weighted by Gasteiger charge is -2.05. The zero-order chi connectivity index (χ0) is 17.6. The van der Waals surface area contributed by atoms with Gasteiger partial charge in [-0.2, -0.15) is 0 Å². The highest BCUT2D eigenvalue weighted by Gasteiger charge is 2.14. The number of benzene rings is 3. The molecule has 0 unspecified atom stereocenters. The predicted octanol–water partition coefficient (Wildman–Crippen LogP) is 4.52. The zero-order valence-corrected chi connectivity index (χ0v) is 13.4. The van der Waals surface area contributed by atoms with Crippen molar-refractivity contribution in [3.8, 4) is 5.75 Å². The topological polar surface area (TPSA) is 54.4 Å². The molecule has 0 aliphatic rings. The van der Waals surface area contributed by atoms with Gasteiger partial charge in [0.1, 0.15) is 5.75 Å². The van der Waals surface area contributed by atoms with Crippen molar-refractivity contribution in [2.75, 3.05) is 0 Å². The first-order valence-electron chi connectivity index (χ1n) is 7.85. The van der Waals surface area contributed by atoms with Crippen LogP contribution in [0.15, 0.2) is 84.9 Å². The van der Waals surface area contributed by atoms with E-state index in [0.29, 0.717) is 11.1 Å². The maximum absolute atomic E-state index is 12.5. The van der Waals surface area contributed by atoms with E-state index < -0.39 is 0 Å². The van der Waals surface area contributed by atoms with E-state index in [9.17, 15) is 14.7 Å². The van der Waals surface area contributed by atoms with Crippen LogP contribution in [0.3, 0.4) is 0 Å². The molecule has 0 spiro atoms. The van der Waals surface area contributed by atoms with Crippen molar-refractivity contribution in [1.29, 1.82) is 0 Å². The first kappa shape index (κ1) is 16.4. The van der Waals surface area contributed by atoms with Crippen LogP contribution in [-0.4, -0.2) is 16.7 Å². The van der Waals surface area contributed by atoms with Crippen LogP contribution in [0.2, 0.25) is 0 Å². The molecule has 0 heterocycles. The molecule has 0 saturated heterocycles. The van der Waals surface area contributed by atoms with E-state index in [1.807, 2.05) is 36.4 Å². The minimum atomic E-state index is -0.357. The van der Waals surface area contributed by atoms with Crippen molar-refractivity contribution in [1.82, 2.24) is 0 Å². The van der Waals surface area contributed by atoms with Gasteiger partial charge in [0.05, 0.1) is 5.56 Å². The number of phenols is 1. The third kappa shape index (κ3) is 3.90. The summed E-state index contributed by atoms with van der Waals surface area (Å²) in [6.45, 7) is 0. The molecular formula is C22H16O3. The van der Waals surface area contributed by atoms with Gasteiger partial charge in [-0.25, -0.2) is 0 Å². The molecule has 25 heavy (non-hydrogen) atoms. The molecule has 0 bridgehead atoms. The molecule has 3 nitrogen and oxygen atoms in total. The van der Waals surface area contributed by atoms with Gasteiger partial charge >= 0.3 is 0 Å². The number of carbonyl (C=O) groups excluding carboxylic acids is 2. The summed E-state index contributed by atoms with van der Waals surface area (Å²) in [6.07, 6.45) is 3.06. The normalized spacial score (nSPS) is 10.7. The van der Waals surface area contributed by atoms with Crippen LogP contribution >= 0.6 is 0 Å². The molecule has 0 aliphatic heterocycles. The molecule has 0 fully saturated rings. The van der Waals surface area contributed by atoms with Crippen molar-refractivity contribution < 1.29 is 14.7 Å². The minimum Gasteiger partial charge on any atom is -0.507 e. The fraction of sp³-hybridized carbons (Fsp3) is 0. The maximum Gasteiger partial charge on any atom is 0.193 e. The van der Waals surface area contributed by atoms with E-state index in [1.165, 1.54) is 24.3 Å². The third-order valence-electron chi connectivity index (χ3n) is 3.79. The number of rotatable bonds is 5. The molecule has 0 radical (unpaired) electrons.